The molecule has 0 spiro atoms. The molecule has 0 radical (unpaired) electrons. The number of carbonyl (C=O) groups excluding carboxylic acids is 1. The lowest BCUT2D eigenvalue weighted by atomic mass is 10.1. The highest BCUT2D eigenvalue weighted by molar-refractivity contribution is 6.01. The van der Waals surface area contributed by atoms with Crippen LogP contribution in [0.25, 0.3) is 0 Å². The zero-order valence-corrected chi connectivity index (χ0v) is 14.4. The van der Waals surface area contributed by atoms with Crippen molar-refractivity contribution in [2.75, 3.05) is 25.4 Å². The number of anilines is 1. The number of rotatable bonds is 3. The molecular weight excluding hydrogens is 348 g/mol. The van der Waals surface area contributed by atoms with Gasteiger partial charge in [0.15, 0.2) is 0 Å². The number of amides is 1. The number of hydrogen-bond acceptors (Lipinski definition) is 6. The molecule has 2 aromatic rings. The lowest BCUT2D eigenvalue weighted by Gasteiger charge is -2.36. The summed E-state index contributed by atoms with van der Waals surface area (Å²) < 4.78 is 1.86. The summed E-state index contributed by atoms with van der Waals surface area (Å²) >= 11 is 0. The number of benzene rings is 1. The molecule has 134 valence electrons. The Morgan fingerprint density at radius 2 is 2.24 bits per heavy atom. The molecule has 1 aliphatic rings. The molecule has 0 aliphatic carbocycles. The summed E-state index contributed by atoms with van der Waals surface area (Å²) in [5.74, 6) is 0.422. The topological polar surface area (TPSA) is 119 Å². The van der Waals surface area contributed by atoms with Crippen LogP contribution < -0.4 is 11.1 Å². The van der Waals surface area contributed by atoms with E-state index in [0.717, 1.165) is 5.82 Å². The van der Waals surface area contributed by atoms with Crippen molar-refractivity contribution in [2.24, 2.45) is 7.05 Å². The number of halogens is 1. The molecule has 1 fully saturated rings. The first-order valence-corrected chi connectivity index (χ1v) is 7.52. The normalized spacial score (nSPS) is 17.0. The molecule has 1 atom stereocenters. The number of nitro benzene ring substituents is 1. The molecule has 1 saturated heterocycles. The van der Waals surface area contributed by atoms with Crippen LogP contribution in [0.15, 0.2) is 30.6 Å². The summed E-state index contributed by atoms with van der Waals surface area (Å²) in [5.41, 5.74) is 5.64. The maximum atomic E-state index is 13.0. The van der Waals surface area contributed by atoms with Gasteiger partial charge in [0.25, 0.3) is 11.6 Å². The number of nitrogens with zero attached hydrogens (tertiary/aromatic N) is 4. The molecule has 1 aromatic heterocycles. The van der Waals surface area contributed by atoms with Gasteiger partial charge in [0, 0.05) is 45.1 Å². The number of aryl methyl sites for hydroxylation is 1. The number of nitrogens with one attached hydrogen (secondary N) is 1. The quantitative estimate of drug-likeness (QED) is 0.477. The number of aromatic nitrogens is 2. The van der Waals surface area contributed by atoms with Crippen LogP contribution in [0.4, 0.5) is 11.4 Å². The molecule has 1 unspecified atom stereocenters. The number of nitro groups is 1. The minimum absolute atomic E-state index is 0. The molecule has 3 rings (SSSR count). The van der Waals surface area contributed by atoms with E-state index in [4.69, 9.17) is 5.73 Å². The number of carbonyl (C=O) groups is 1. The highest BCUT2D eigenvalue weighted by Gasteiger charge is 2.32. The second-order valence-electron chi connectivity index (χ2n) is 5.61. The fourth-order valence-electron chi connectivity index (χ4n) is 2.93. The summed E-state index contributed by atoms with van der Waals surface area (Å²) in [4.78, 5) is 29.4. The van der Waals surface area contributed by atoms with Crippen molar-refractivity contribution >= 4 is 29.7 Å². The van der Waals surface area contributed by atoms with Crippen molar-refractivity contribution < 1.29 is 9.72 Å². The van der Waals surface area contributed by atoms with E-state index in [1.54, 1.807) is 11.1 Å². The lowest BCUT2D eigenvalue weighted by molar-refractivity contribution is -0.383. The smallest absolute Gasteiger partial charge is 0.292 e. The van der Waals surface area contributed by atoms with E-state index < -0.39 is 4.92 Å². The van der Waals surface area contributed by atoms with Gasteiger partial charge < -0.3 is 20.5 Å². The maximum Gasteiger partial charge on any atom is 0.292 e. The molecule has 1 aromatic carbocycles. The van der Waals surface area contributed by atoms with Gasteiger partial charge in [0.1, 0.15) is 17.6 Å². The highest BCUT2D eigenvalue weighted by Crippen LogP contribution is 2.29. The second kappa shape index (κ2) is 7.49. The average molecular weight is 367 g/mol. The Balaban J connectivity index is 0.00000225. The Kier molecular flexibility index (Phi) is 5.60. The Hall–Kier alpha value is -2.65. The van der Waals surface area contributed by atoms with Crippen LogP contribution in [0.2, 0.25) is 0 Å². The highest BCUT2D eigenvalue weighted by atomic mass is 35.5. The van der Waals surface area contributed by atoms with Gasteiger partial charge >= 0.3 is 0 Å². The van der Waals surface area contributed by atoms with Crippen LogP contribution in [0.5, 0.6) is 0 Å². The SMILES string of the molecule is Cl.Cn1ccnc1C1CNCCN1C(=O)c1cccc([N+](=O)[O-])c1N. The van der Waals surface area contributed by atoms with Crippen molar-refractivity contribution in [3.8, 4) is 0 Å². The Labute approximate surface area is 150 Å². The molecule has 25 heavy (non-hydrogen) atoms. The third-order valence-electron chi connectivity index (χ3n) is 4.17. The fraction of sp³-hybridized carbons (Fsp3) is 0.333. The average Bonchev–Trinajstić information content (AvgIpc) is 3.00. The number of nitrogens with two attached hydrogens (primary N) is 1. The first-order chi connectivity index (χ1) is 11.5. The first-order valence-electron chi connectivity index (χ1n) is 7.52. The molecular formula is C15H19ClN6O3. The van der Waals surface area contributed by atoms with Crippen molar-refractivity contribution in [2.45, 2.75) is 6.04 Å². The van der Waals surface area contributed by atoms with Crippen LogP contribution >= 0.6 is 12.4 Å². The zero-order valence-electron chi connectivity index (χ0n) is 13.6. The zero-order chi connectivity index (χ0) is 17.3. The summed E-state index contributed by atoms with van der Waals surface area (Å²) in [7, 11) is 1.86. The van der Waals surface area contributed by atoms with Gasteiger partial charge in [-0.2, -0.15) is 0 Å². The van der Waals surface area contributed by atoms with Gasteiger partial charge in [0.2, 0.25) is 0 Å². The number of imidazole rings is 1. The first kappa shape index (κ1) is 18.7. The largest absolute Gasteiger partial charge is 0.393 e. The molecule has 1 aliphatic heterocycles. The minimum atomic E-state index is -0.583. The van der Waals surface area contributed by atoms with Crippen molar-refractivity contribution in [1.82, 2.24) is 19.8 Å². The van der Waals surface area contributed by atoms with Gasteiger partial charge in [-0.3, -0.25) is 14.9 Å². The Morgan fingerprint density at radius 3 is 2.88 bits per heavy atom. The molecule has 0 saturated carbocycles. The number of piperazine rings is 1. The van der Waals surface area contributed by atoms with E-state index in [1.165, 1.54) is 18.2 Å². The third-order valence-corrected chi connectivity index (χ3v) is 4.17. The van der Waals surface area contributed by atoms with Crippen LogP contribution in [-0.2, 0) is 7.05 Å². The Morgan fingerprint density at radius 1 is 1.48 bits per heavy atom. The predicted molar refractivity (Wildman–Crippen MR) is 94.6 cm³/mol. The van der Waals surface area contributed by atoms with Crippen molar-refractivity contribution in [3.05, 3.63) is 52.1 Å². The summed E-state index contributed by atoms with van der Waals surface area (Å²) in [6, 6.07) is 4.02. The van der Waals surface area contributed by atoms with Crippen LogP contribution in [0, 0.1) is 10.1 Å². The van der Waals surface area contributed by atoms with Crippen molar-refractivity contribution in [1.29, 1.82) is 0 Å². The number of nitrogen functional groups attached to an aromatic ring is 1. The van der Waals surface area contributed by atoms with Gasteiger partial charge in [-0.05, 0) is 6.07 Å². The third kappa shape index (κ3) is 3.42. The number of hydrogen-bond donors (Lipinski definition) is 2. The van der Waals surface area contributed by atoms with E-state index >= 15 is 0 Å². The Bertz CT molecular complexity index is 793. The summed E-state index contributed by atoms with van der Waals surface area (Å²) in [6.07, 6.45) is 3.49. The molecule has 10 heteroatoms. The van der Waals surface area contributed by atoms with Gasteiger partial charge in [-0.1, -0.05) is 6.07 Å². The predicted octanol–water partition coefficient (Wildman–Crippen LogP) is 1.12. The van der Waals surface area contributed by atoms with Crippen LogP contribution in [0.1, 0.15) is 22.2 Å². The van der Waals surface area contributed by atoms with E-state index in [0.29, 0.717) is 19.6 Å². The molecule has 1 amide bonds. The van der Waals surface area contributed by atoms with Crippen LogP contribution in [0.3, 0.4) is 0 Å². The van der Waals surface area contributed by atoms with E-state index in [1.807, 2.05) is 17.8 Å². The fourth-order valence-corrected chi connectivity index (χ4v) is 2.93. The van der Waals surface area contributed by atoms with Crippen LogP contribution in [-0.4, -0.2) is 44.9 Å². The standard InChI is InChI=1S/C15H18N6O3.ClH/c1-19-7-6-18-14(19)12-9-17-5-8-20(12)15(22)10-3-2-4-11(13(10)16)21(23)24;/h2-4,6-7,12,17H,5,8-9,16H2,1H3;1H. The number of para-hydroxylation sites is 1. The van der Waals surface area contributed by atoms with E-state index in [9.17, 15) is 14.9 Å². The van der Waals surface area contributed by atoms with Gasteiger partial charge in [-0.25, -0.2) is 4.98 Å². The van der Waals surface area contributed by atoms with Crippen molar-refractivity contribution in [3.63, 3.8) is 0 Å². The molecule has 0 bridgehead atoms. The second-order valence-corrected chi connectivity index (χ2v) is 5.61. The summed E-state index contributed by atoms with van der Waals surface area (Å²) in [5, 5.41) is 14.3. The van der Waals surface area contributed by atoms with Gasteiger partial charge in [-0.15, -0.1) is 12.4 Å². The van der Waals surface area contributed by atoms with E-state index in [2.05, 4.69) is 10.3 Å². The van der Waals surface area contributed by atoms with E-state index in [-0.39, 0.29) is 41.3 Å². The summed E-state index contributed by atoms with van der Waals surface area (Å²) in [6.45, 7) is 1.67. The minimum Gasteiger partial charge on any atom is -0.393 e. The molecule has 9 nitrogen and oxygen atoms in total. The lowest BCUT2D eigenvalue weighted by Crippen LogP contribution is -2.49. The molecule has 2 heterocycles. The van der Waals surface area contributed by atoms with Gasteiger partial charge in [0.05, 0.1) is 10.5 Å². The monoisotopic (exact) mass is 366 g/mol. The maximum absolute atomic E-state index is 13.0. The molecule has 3 N–H and O–H groups in total.